The van der Waals surface area contributed by atoms with Crippen LogP contribution in [0.25, 0.3) is 10.7 Å². The number of rotatable bonds is 5. The van der Waals surface area contributed by atoms with Crippen LogP contribution in [0.3, 0.4) is 0 Å². The topological polar surface area (TPSA) is 68.9 Å². The highest BCUT2D eigenvalue weighted by atomic mass is 32.1. The van der Waals surface area contributed by atoms with Gasteiger partial charge in [0.25, 0.3) is 5.91 Å². The van der Waals surface area contributed by atoms with Crippen molar-refractivity contribution in [2.75, 3.05) is 6.54 Å². The molecule has 0 aliphatic heterocycles. The molecule has 1 N–H and O–H groups in total. The third kappa shape index (κ3) is 2.88. The minimum atomic E-state index is -0.186. The van der Waals surface area contributed by atoms with Crippen LogP contribution in [0.4, 0.5) is 0 Å². The first kappa shape index (κ1) is 14.7. The second kappa shape index (κ2) is 6.29. The molecule has 0 bridgehead atoms. The second-order valence-corrected chi connectivity index (χ2v) is 6.49. The average Bonchev–Trinajstić information content (AvgIpc) is 3.24. The molecule has 0 atom stereocenters. The molecule has 114 valence electrons. The number of amides is 1. The van der Waals surface area contributed by atoms with Crippen LogP contribution in [0.5, 0.6) is 0 Å². The van der Waals surface area contributed by atoms with Crippen LogP contribution in [-0.2, 0) is 13.6 Å². The number of thiophene rings is 2. The van der Waals surface area contributed by atoms with Crippen LogP contribution in [0, 0.1) is 0 Å². The van der Waals surface area contributed by atoms with E-state index >= 15 is 0 Å². The Kier molecular flexibility index (Phi) is 4.21. The molecule has 1 amide bonds. The molecule has 0 radical (unpaired) electrons. The molecule has 0 aliphatic rings. The SMILES string of the molecule is Cn1c(-c2cccs2)nn(CCNC(=O)c2cccs2)c1=O. The fraction of sp³-hybridized carbons (Fsp3) is 0.214. The molecule has 0 saturated carbocycles. The van der Waals surface area contributed by atoms with E-state index in [2.05, 4.69) is 10.4 Å². The lowest BCUT2D eigenvalue weighted by Gasteiger charge is -2.02. The van der Waals surface area contributed by atoms with Gasteiger partial charge in [-0.25, -0.2) is 9.48 Å². The fourth-order valence-corrected chi connectivity index (χ4v) is 3.41. The van der Waals surface area contributed by atoms with Gasteiger partial charge in [-0.1, -0.05) is 12.1 Å². The van der Waals surface area contributed by atoms with Gasteiger partial charge in [-0.05, 0) is 22.9 Å². The maximum absolute atomic E-state index is 12.1. The van der Waals surface area contributed by atoms with Crippen molar-refractivity contribution in [3.63, 3.8) is 0 Å². The van der Waals surface area contributed by atoms with Crippen molar-refractivity contribution in [1.82, 2.24) is 19.7 Å². The first-order valence-corrected chi connectivity index (χ1v) is 8.42. The first-order valence-electron chi connectivity index (χ1n) is 6.66. The van der Waals surface area contributed by atoms with Gasteiger partial charge in [-0.3, -0.25) is 9.36 Å². The summed E-state index contributed by atoms with van der Waals surface area (Å²) in [7, 11) is 1.70. The number of aromatic nitrogens is 3. The molecule has 0 saturated heterocycles. The lowest BCUT2D eigenvalue weighted by atomic mass is 10.4. The Hall–Kier alpha value is -2.19. The van der Waals surface area contributed by atoms with E-state index in [9.17, 15) is 9.59 Å². The highest BCUT2D eigenvalue weighted by molar-refractivity contribution is 7.13. The Labute approximate surface area is 134 Å². The van der Waals surface area contributed by atoms with Gasteiger partial charge in [0.05, 0.1) is 16.3 Å². The molecule has 0 aliphatic carbocycles. The van der Waals surface area contributed by atoms with Crippen molar-refractivity contribution >= 4 is 28.6 Å². The van der Waals surface area contributed by atoms with Gasteiger partial charge in [0.2, 0.25) is 0 Å². The second-order valence-electron chi connectivity index (χ2n) is 4.60. The van der Waals surface area contributed by atoms with Crippen molar-refractivity contribution in [2.45, 2.75) is 6.54 Å². The zero-order chi connectivity index (χ0) is 15.5. The van der Waals surface area contributed by atoms with Crippen molar-refractivity contribution in [2.24, 2.45) is 7.05 Å². The van der Waals surface area contributed by atoms with E-state index in [1.54, 1.807) is 13.1 Å². The highest BCUT2D eigenvalue weighted by Gasteiger charge is 2.13. The number of hydrogen-bond acceptors (Lipinski definition) is 5. The third-order valence-corrected chi connectivity index (χ3v) is 4.87. The third-order valence-electron chi connectivity index (χ3n) is 3.14. The fourth-order valence-electron chi connectivity index (χ4n) is 2.02. The zero-order valence-electron chi connectivity index (χ0n) is 11.9. The Morgan fingerprint density at radius 1 is 1.27 bits per heavy atom. The van der Waals surface area contributed by atoms with E-state index in [-0.39, 0.29) is 11.6 Å². The average molecular weight is 334 g/mol. The molecule has 0 spiro atoms. The van der Waals surface area contributed by atoms with Gasteiger partial charge >= 0.3 is 5.69 Å². The standard InChI is InChI=1S/C14H14N4O2S2/c1-17-12(10-4-2-8-21-10)16-18(14(17)20)7-6-15-13(19)11-5-3-9-22-11/h2-5,8-9H,6-7H2,1H3,(H,15,19). The van der Waals surface area contributed by atoms with Crippen molar-refractivity contribution in [3.05, 3.63) is 50.4 Å². The highest BCUT2D eigenvalue weighted by Crippen LogP contribution is 2.20. The van der Waals surface area contributed by atoms with Gasteiger partial charge in [0.15, 0.2) is 5.82 Å². The van der Waals surface area contributed by atoms with Gasteiger partial charge in [-0.15, -0.1) is 27.8 Å². The molecule has 22 heavy (non-hydrogen) atoms. The number of nitrogens with zero attached hydrogens (tertiary/aromatic N) is 3. The van der Waals surface area contributed by atoms with Gasteiger partial charge in [0.1, 0.15) is 0 Å². The van der Waals surface area contributed by atoms with E-state index in [0.29, 0.717) is 23.8 Å². The van der Waals surface area contributed by atoms with E-state index in [0.717, 1.165) is 4.88 Å². The van der Waals surface area contributed by atoms with Crippen LogP contribution in [-0.4, -0.2) is 26.8 Å². The molecule has 3 aromatic rings. The zero-order valence-corrected chi connectivity index (χ0v) is 13.5. The Morgan fingerprint density at radius 3 is 2.73 bits per heavy atom. The summed E-state index contributed by atoms with van der Waals surface area (Å²) in [6, 6.07) is 7.44. The molecule has 3 aromatic heterocycles. The van der Waals surface area contributed by atoms with Crippen LogP contribution < -0.4 is 11.0 Å². The molecule has 3 rings (SSSR count). The lowest BCUT2D eigenvalue weighted by molar-refractivity contribution is 0.0956. The Balaban J connectivity index is 1.67. The van der Waals surface area contributed by atoms with Crippen LogP contribution >= 0.6 is 22.7 Å². The molecule has 3 heterocycles. The molecular formula is C14H14N4O2S2. The minimum Gasteiger partial charge on any atom is -0.349 e. The largest absolute Gasteiger partial charge is 0.349 e. The normalized spacial score (nSPS) is 10.8. The smallest absolute Gasteiger partial charge is 0.346 e. The van der Waals surface area contributed by atoms with Gasteiger partial charge in [-0.2, -0.15) is 0 Å². The molecule has 0 fully saturated rings. The number of hydrogen-bond donors (Lipinski definition) is 1. The van der Waals surface area contributed by atoms with E-state index in [1.807, 2.05) is 29.0 Å². The van der Waals surface area contributed by atoms with Gasteiger partial charge in [0, 0.05) is 13.6 Å². The monoisotopic (exact) mass is 334 g/mol. The summed E-state index contributed by atoms with van der Waals surface area (Å²) in [6.45, 7) is 0.701. The molecular weight excluding hydrogens is 320 g/mol. The molecule has 6 nitrogen and oxygen atoms in total. The van der Waals surface area contributed by atoms with E-state index < -0.39 is 0 Å². The quantitative estimate of drug-likeness (QED) is 0.773. The van der Waals surface area contributed by atoms with Crippen molar-refractivity contribution in [3.8, 4) is 10.7 Å². The van der Waals surface area contributed by atoms with Crippen LogP contribution in [0.2, 0.25) is 0 Å². The predicted octanol–water partition coefficient (Wildman–Crippen LogP) is 1.80. The Morgan fingerprint density at radius 2 is 2.05 bits per heavy atom. The summed E-state index contributed by atoms with van der Waals surface area (Å²) in [4.78, 5) is 25.6. The summed E-state index contributed by atoms with van der Waals surface area (Å²) < 4.78 is 2.90. The molecule has 0 unspecified atom stereocenters. The molecule has 0 aromatic carbocycles. The number of carbonyl (C=O) groups excluding carboxylic acids is 1. The summed E-state index contributed by atoms with van der Waals surface area (Å²) in [5.41, 5.74) is -0.186. The van der Waals surface area contributed by atoms with Crippen molar-refractivity contribution in [1.29, 1.82) is 0 Å². The summed E-state index contributed by atoms with van der Waals surface area (Å²) in [5.74, 6) is 0.516. The summed E-state index contributed by atoms with van der Waals surface area (Å²) in [6.07, 6.45) is 0. The lowest BCUT2D eigenvalue weighted by Crippen LogP contribution is -2.31. The van der Waals surface area contributed by atoms with Crippen LogP contribution in [0.15, 0.2) is 39.8 Å². The van der Waals surface area contributed by atoms with Gasteiger partial charge < -0.3 is 5.32 Å². The maximum Gasteiger partial charge on any atom is 0.346 e. The maximum atomic E-state index is 12.1. The Bertz CT molecular complexity index is 816. The predicted molar refractivity (Wildman–Crippen MR) is 87.4 cm³/mol. The summed E-state index contributed by atoms with van der Waals surface area (Å²) >= 11 is 2.92. The number of nitrogens with one attached hydrogen (secondary N) is 1. The van der Waals surface area contributed by atoms with Crippen molar-refractivity contribution < 1.29 is 4.79 Å². The number of carbonyl (C=O) groups is 1. The minimum absolute atomic E-state index is 0.127. The molecule has 8 heteroatoms. The van der Waals surface area contributed by atoms with E-state index in [1.165, 1.54) is 31.9 Å². The van der Waals surface area contributed by atoms with Crippen LogP contribution in [0.1, 0.15) is 9.67 Å². The van der Waals surface area contributed by atoms with E-state index in [4.69, 9.17) is 0 Å². The first-order chi connectivity index (χ1) is 10.7. The summed E-state index contributed by atoms with van der Waals surface area (Å²) in [5, 5.41) is 10.9.